The topological polar surface area (TPSA) is 105 Å². The number of carboxylic acid groups (broad SMARTS) is 1. The molecule has 0 fully saturated rings. The average Bonchev–Trinajstić information content (AvgIpc) is 2.40. The first-order chi connectivity index (χ1) is 9.06. The molecular formula is C11H7ClN4O3. The number of carbonyl (C=O) groups is 2. The van der Waals surface area contributed by atoms with E-state index in [1.807, 2.05) is 0 Å². The number of nitrogens with one attached hydrogen (secondary N) is 1. The van der Waals surface area contributed by atoms with E-state index in [0.717, 1.165) is 6.20 Å². The lowest BCUT2D eigenvalue weighted by atomic mass is 10.3. The van der Waals surface area contributed by atoms with Crippen LogP contribution in [0.25, 0.3) is 0 Å². The van der Waals surface area contributed by atoms with Gasteiger partial charge in [-0.05, 0) is 12.1 Å². The molecule has 7 nitrogen and oxygen atoms in total. The van der Waals surface area contributed by atoms with Crippen molar-refractivity contribution in [3.8, 4) is 0 Å². The second-order valence-corrected chi connectivity index (χ2v) is 3.80. The molecule has 96 valence electrons. The number of hydrogen-bond donors (Lipinski definition) is 2. The van der Waals surface area contributed by atoms with E-state index in [2.05, 4.69) is 20.3 Å². The summed E-state index contributed by atoms with van der Waals surface area (Å²) in [6.45, 7) is 0. The van der Waals surface area contributed by atoms with Crippen molar-refractivity contribution < 1.29 is 14.7 Å². The number of halogens is 1. The number of aromatic nitrogens is 3. The fraction of sp³-hybridized carbons (Fsp3) is 0. The van der Waals surface area contributed by atoms with Crippen LogP contribution >= 0.6 is 11.6 Å². The van der Waals surface area contributed by atoms with Gasteiger partial charge in [0.15, 0.2) is 0 Å². The Morgan fingerprint density at radius 1 is 1.11 bits per heavy atom. The molecule has 0 aliphatic carbocycles. The first kappa shape index (κ1) is 12.9. The fourth-order valence-corrected chi connectivity index (χ4v) is 1.30. The van der Waals surface area contributed by atoms with Crippen LogP contribution in [0.3, 0.4) is 0 Å². The van der Waals surface area contributed by atoms with Crippen molar-refractivity contribution >= 4 is 29.3 Å². The first-order valence-corrected chi connectivity index (χ1v) is 5.42. The van der Waals surface area contributed by atoms with Gasteiger partial charge in [0, 0.05) is 6.20 Å². The van der Waals surface area contributed by atoms with Gasteiger partial charge in [0.05, 0.1) is 18.0 Å². The third kappa shape index (κ3) is 3.23. The Labute approximate surface area is 112 Å². The molecule has 0 saturated carbocycles. The summed E-state index contributed by atoms with van der Waals surface area (Å²) in [4.78, 5) is 33.7. The first-order valence-electron chi connectivity index (χ1n) is 5.04. The van der Waals surface area contributed by atoms with E-state index in [-0.39, 0.29) is 22.2 Å². The molecule has 0 spiro atoms. The molecule has 2 heterocycles. The zero-order valence-electron chi connectivity index (χ0n) is 9.37. The van der Waals surface area contributed by atoms with Crippen LogP contribution in [0.1, 0.15) is 20.8 Å². The number of hydrogen-bond acceptors (Lipinski definition) is 5. The van der Waals surface area contributed by atoms with Gasteiger partial charge in [-0.15, -0.1) is 0 Å². The number of amides is 1. The summed E-state index contributed by atoms with van der Waals surface area (Å²) in [7, 11) is 0. The second kappa shape index (κ2) is 5.40. The molecule has 0 unspecified atom stereocenters. The second-order valence-electron chi connectivity index (χ2n) is 3.42. The molecule has 19 heavy (non-hydrogen) atoms. The third-order valence-electron chi connectivity index (χ3n) is 2.11. The van der Waals surface area contributed by atoms with E-state index in [1.165, 1.54) is 24.5 Å². The molecule has 2 N–H and O–H groups in total. The van der Waals surface area contributed by atoms with Gasteiger partial charge in [0.2, 0.25) is 0 Å². The predicted molar refractivity (Wildman–Crippen MR) is 66.2 cm³/mol. The maximum Gasteiger partial charge on any atom is 0.337 e. The molecule has 0 aromatic carbocycles. The van der Waals surface area contributed by atoms with E-state index in [1.54, 1.807) is 0 Å². The number of carbonyl (C=O) groups excluding carboxylic acids is 1. The van der Waals surface area contributed by atoms with Crippen LogP contribution < -0.4 is 5.32 Å². The van der Waals surface area contributed by atoms with Crippen molar-refractivity contribution in [3.63, 3.8) is 0 Å². The monoisotopic (exact) mass is 278 g/mol. The summed E-state index contributed by atoms with van der Waals surface area (Å²) in [5, 5.41) is 11.3. The van der Waals surface area contributed by atoms with Crippen LogP contribution in [0.4, 0.5) is 5.82 Å². The summed E-state index contributed by atoms with van der Waals surface area (Å²) < 4.78 is 0. The zero-order chi connectivity index (χ0) is 13.8. The molecular weight excluding hydrogens is 272 g/mol. The Kier molecular flexibility index (Phi) is 3.67. The zero-order valence-corrected chi connectivity index (χ0v) is 10.1. The van der Waals surface area contributed by atoms with E-state index < -0.39 is 11.9 Å². The van der Waals surface area contributed by atoms with Crippen LogP contribution in [0.2, 0.25) is 5.15 Å². The average molecular weight is 279 g/mol. The Hall–Kier alpha value is -2.54. The summed E-state index contributed by atoms with van der Waals surface area (Å²) in [6, 6.07) is 2.71. The molecule has 2 aromatic heterocycles. The molecule has 0 radical (unpaired) electrons. The van der Waals surface area contributed by atoms with Gasteiger partial charge in [0.1, 0.15) is 16.7 Å². The van der Waals surface area contributed by atoms with Gasteiger partial charge in [-0.2, -0.15) is 0 Å². The number of aromatic carboxylic acids is 1. The van der Waals surface area contributed by atoms with Gasteiger partial charge >= 0.3 is 5.97 Å². The van der Waals surface area contributed by atoms with Crippen molar-refractivity contribution in [2.75, 3.05) is 5.32 Å². The molecule has 8 heteroatoms. The summed E-state index contributed by atoms with van der Waals surface area (Å²) in [5.74, 6) is -1.39. The van der Waals surface area contributed by atoms with Gasteiger partial charge < -0.3 is 10.4 Å². The minimum Gasteiger partial charge on any atom is -0.478 e. The Morgan fingerprint density at radius 3 is 2.42 bits per heavy atom. The number of anilines is 1. The smallest absolute Gasteiger partial charge is 0.337 e. The largest absolute Gasteiger partial charge is 0.478 e. The highest BCUT2D eigenvalue weighted by atomic mass is 35.5. The Morgan fingerprint density at radius 2 is 1.89 bits per heavy atom. The molecule has 0 bridgehead atoms. The van der Waals surface area contributed by atoms with Crippen LogP contribution in [-0.2, 0) is 0 Å². The number of nitrogens with zero attached hydrogens (tertiary/aromatic N) is 3. The summed E-state index contributed by atoms with van der Waals surface area (Å²) in [6.07, 6.45) is 3.62. The lowest BCUT2D eigenvalue weighted by Crippen LogP contribution is -2.15. The minimum atomic E-state index is -1.09. The molecule has 1 amide bonds. The number of carboxylic acids is 1. The maximum atomic E-state index is 11.7. The van der Waals surface area contributed by atoms with Crippen LogP contribution in [0.5, 0.6) is 0 Å². The van der Waals surface area contributed by atoms with E-state index in [0.29, 0.717) is 0 Å². The van der Waals surface area contributed by atoms with Crippen molar-refractivity contribution in [1.82, 2.24) is 15.0 Å². The molecule has 2 rings (SSSR count). The quantitative estimate of drug-likeness (QED) is 0.881. The van der Waals surface area contributed by atoms with Gasteiger partial charge in [-0.1, -0.05) is 11.6 Å². The standard InChI is InChI=1S/C11H7ClN4O3/c12-8-5-13-7(4-14-8)10(17)16-9-2-1-6(3-15-9)11(18)19/h1-5H,(H,18,19)(H,15,16,17). The lowest BCUT2D eigenvalue weighted by molar-refractivity contribution is 0.0696. The fourth-order valence-electron chi connectivity index (χ4n) is 1.20. The Balaban J connectivity index is 2.10. The highest BCUT2D eigenvalue weighted by Gasteiger charge is 2.09. The highest BCUT2D eigenvalue weighted by molar-refractivity contribution is 6.29. The van der Waals surface area contributed by atoms with Crippen LogP contribution in [0, 0.1) is 0 Å². The number of rotatable bonds is 3. The van der Waals surface area contributed by atoms with Gasteiger partial charge in [0.25, 0.3) is 5.91 Å². The van der Waals surface area contributed by atoms with E-state index in [4.69, 9.17) is 16.7 Å². The van der Waals surface area contributed by atoms with E-state index >= 15 is 0 Å². The third-order valence-corrected chi connectivity index (χ3v) is 2.30. The normalized spacial score (nSPS) is 9.95. The summed E-state index contributed by atoms with van der Waals surface area (Å²) in [5.41, 5.74) is 0.109. The van der Waals surface area contributed by atoms with Crippen molar-refractivity contribution in [1.29, 1.82) is 0 Å². The molecule has 0 atom stereocenters. The maximum absolute atomic E-state index is 11.7. The van der Waals surface area contributed by atoms with E-state index in [9.17, 15) is 9.59 Å². The molecule has 0 saturated heterocycles. The van der Waals surface area contributed by atoms with Crippen molar-refractivity contribution in [2.24, 2.45) is 0 Å². The highest BCUT2D eigenvalue weighted by Crippen LogP contribution is 2.07. The summed E-state index contributed by atoms with van der Waals surface area (Å²) >= 11 is 5.55. The van der Waals surface area contributed by atoms with Crippen LogP contribution in [-0.4, -0.2) is 31.9 Å². The van der Waals surface area contributed by atoms with Crippen molar-refractivity contribution in [2.45, 2.75) is 0 Å². The molecule has 0 aliphatic heterocycles. The lowest BCUT2D eigenvalue weighted by Gasteiger charge is -2.03. The van der Waals surface area contributed by atoms with Crippen LogP contribution in [0.15, 0.2) is 30.7 Å². The Bertz CT molecular complexity index is 613. The van der Waals surface area contributed by atoms with Crippen molar-refractivity contribution in [3.05, 3.63) is 47.1 Å². The number of pyridine rings is 1. The predicted octanol–water partition coefficient (Wildman–Crippen LogP) is 1.48. The van der Waals surface area contributed by atoms with Gasteiger partial charge in [-0.3, -0.25) is 4.79 Å². The van der Waals surface area contributed by atoms with Gasteiger partial charge in [-0.25, -0.2) is 19.7 Å². The SMILES string of the molecule is O=C(O)c1ccc(NC(=O)c2cnc(Cl)cn2)nc1. The molecule has 2 aromatic rings. The minimum absolute atomic E-state index is 0.0317. The molecule has 0 aliphatic rings.